The second-order valence-electron chi connectivity index (χ2n) is 6.44. The van der Waals surface area contributed by atoms with Gasteiger partial charge >= 0.3 is 5.97 Å². The lowest BCUT2D eigenvalue weighted by Crippen LogP contribution is -2.44. The lowest BCUT2D eigenvalue weighted by Gasteiger charge is -2.20. The number of esters is 1. The predicted octanol–water partition coefficient (Wildman–Crippen LogP) is 1.54. The van der Waals surface area contributed by atoms with Gasteiger partial charge in [-0.15, -0.1) is 0 Å². The number of nitrogens with one attached hydrogen (secondary N) is 1. The zero-order chi connectivity index (χ0) is 21.0. The number of methoxy groups -OCH3 is 1. The van der Waals surface area contributed by atoms with Crippen molar-refractivity contribution in [2.45, 2.75) is 19.5 Å². The predicted molar refractivity (Wildman–Crippen MR) is 102 cm³/mol. The largest absolute Gasteiger partial charge is 0.497 e. The molecule has 0 aliphatic carbocycles. The number of nitrogens with zero attached hydrogens (tertiary/aromatic N) is 1. The van der Waals surface area contributed by atoms with Gasteiger partial charge in [0, 0.05) is 6.54 Å². The van der Waals surface area contributed by atoms with Crippen molar-refractivity contribution in [2.75, 3.05) is 13.7 Å². The van der Waals surface area contributed by atoms with E-state index < -0.39 is 36.3 Å². The van der Waals surface area contributed by atoms with Crippen LogP contribution in [0.4, 0.5) is 0 Å². The highest BCUT2D eigenvalue weighted by molar-refractivity contribution is 6.22. The fourth-order valence-electron chi connectivity index (χ4n) is 2.96. The summed E-state index contributed by atoms with van der Waals surface area (Å²) < 4.78 is 10.1. The fraction of sp³-hybridized carbons (Fsp3) is 0.238. The summed E-state index contributed by atoms with van der Waals surface area (Å²) in [6, 6.07) is 12.4. The Morgan fingerprint density at radius 1 is 1.03 bits per heavy atom. The molecule has 3 rings (SSSR count). The van der Waals surface area contributed by atoms with Gasteiger partial charge in [0.25, 0.3) is 17.7 Å². The van der Waals surface area contributed by atoms with Crippen LogP contribution in [0.2, 0.25) is 0 Å². The second-order valence-corrected chi connectivity index (χ2v) is 6.44. The van der Waals surface area contributed by atoms with Crippen LogP contribution in [0.25, 0.3) is 0 Å². The summed E-state index contributed by atoms with van der Waals surface area (Å²) >= 11 is 0. The van der Waals surface area contributed by atoms with Crippen LogP contribution in [0, 0.1) is 0 Å². The molecule has 0 unspecified atom stereocenters. The van der Waals surface area contributed by atoms with Crippen LogP contribution in [0.5, 0.6) is 5.75 Å². The first-order chi connectivity index (χ1) is 13.9. The number of ether oxygens (including phenoxy) is 2. The number of imide groups is 1. The normalized spacial score (nSPS) is 13.7. The lowest BCUT2D eigenvalue weighted by molar-refractivity contribution is -0.151. The van der Waals surface area contributed by atoms with Crippen molar-refractivity contribution in [1.29, 1.82) is 0 Å². The van der Waals surface area contributed by atoms with Crippen molar-refractivity contribution < 1.29 is 28.7 Å². The molecule has 1 aliphatic heterocycles. The Morgan fingerprint density at radius 3 is 2.31 bits per heavy atom. The summed E-state index contributed by atoms with van der Waals surface area (Å²) in [5, 5.41) is 2.63. The first kappa shape index (κ1) is 20.1. The van der Waals surface area contributed by atoms with Crippen LogP contribution in [0.15, 0.2) is 48.5 Å². The van der Waals surface area contributed by atoms with E-state index in [0.29, 0.717) is 5.75 Å². The maximum absolute atomic E-state index is 12.4. The highest BCUT2D eigenvalue weighted by atomic mass is 16.5. The molecule has 0 spiro atoms. The molecule has 1 atom stereocenters. The molecule has 0 bridgehead atoms. The Labute approximate surface area is 167 Å². The van der Waals surface area contributed by atoms with E-state index in [1.807, 2.05) is 6.07 Å². The number of carbonyl (C=O) groups excluding carboxylic acids is 4. The molecule has 1 aliphatic rings. The molecule has 8 nitrogen and oxygen atoms in total. The summed E-state index contributed by atoms with van der Waals surface area (Å²) in [5.41, 5.74) is 1.31. The molecule has 2 aromatic rings. The van der Waals surface area contributed by atoms with Crippen LogP contribution >= 0.6 is 0 Å². The topological polar surface area (TPSA) is 102 Å². The third kappa shape index (κ3) is 4.26. The van der Waals surface area contributed by atoms with Crippen LogP contribution in [-0.2, 0) is 20.9 Å². The smallest absolute Gasteiger partial charge is 0.329 e. The Morgan fingerprint density at radius 2 is 1.69 bits per heavy atom. The van der Waals surface area contributed by atoms with Crippen LogP contribution in [0.1, 0.15) is 33.2 Å². The molecule has 3 amide bonds. The van der Waals surface area contributed by atoms with Gasteiger partial charge in [0.1, 0.15) is 11.8 Å². The van der Waals surface area contributed by atoms with Crippen molar-refractivity contribution in [3.8, 4) is 5.75 Å². The third-order valence-corrected chi connectivity index (χ3v) is 4.52. The molecule has 0 aromatic heterocycles. The van der Waals surface area contributed by atoms with Gasteiger partial charge < -0.3 is 14.8 Å². The minimum atomic E-state index is -1.14. The first-order valence-corrected chi connectivity index (χ1v) is 8.95. The summed E-state index contributed by atoms with van der Waals surface area (Å²) in [7, 11) is 1.55. The molecule has 29 heavy (non-hydrogen) atoms. The molecule has 0 fully saturated rings. The zero-order valence-electron chi connectivity index (χ0n) is 16.0. The number of hydrogen-bond acceptors (Lipinski definition) is 6. The van der Waals surface area contributed by atoms with Crippen LogP contribution < -0.4 is 10.1 Å². The number of amides is 3. The van der Waals surface area contributed by atoms with Gasteiger partial charge in [0.2, 0.25) is 0 Å². The monoisotopic (exact) mass is 396 g/mol. The molecule has 0 saturated heterocycles. The Balaban J connectivity index is 1.52. The van der Waals surface area contributed by atoms with Crippen LogP contribution in [0.3, 0.4) is 0 Å². The van der Waals surface area contributed by atoms with E-state index in [0.717, 1.165) is 10.5 Å². The maximum atomic E-state index is 12.4. The van der Waals surface area contributed by atoms with Crippen molar-refractivity contribution in [2.24, 2.45) is 0 Å². The molecule has 2 aromatic carbocycles. The molecule has 1 N–H and O–H groups in total. The van der Waals surface area contributed by atoms with E-state index in [2.05, 4.69) is 5.32 Å². The third-order valence-electron chi connectivity index (χ3n) is 4.52. The summed E-state index contributed by atoms with van der Waals surface area (Å²) in [6.07, 6.45) is 0. The van der Waals surface area contributed by atoms with Gasteiger partial charge in [0.05, 0.1) is 18.2 Å². The molecular formula is C21H20N2O6. The average Bonchev–Trinajstić information content (AvgIpc) is 3.00. The van der Waals surface area contributed by atoms with E-state index in [4.69, 9.17) is 9.47 Å². The summed E-state index contributed by atoms with van der Waals surface area (Å²) in [4.78, 5) is 49.9. The molecule has 150 valence electrons. The van der Waals surface area contributed by atoms with Gasteiger partial charge in [-0.05, 0) is 36.8 Å². The van der Waals surface area contributed by atoms with Gasteiger partial charge in [-0.2, -0.15) is 0 Å². The molecule has 0 saturated carbocycles. The Hall–Kier alpha value is -3.68. The minimum absolute atomic E-state index is 0.238. The number of carbonyl (C=O) groups is 4. The van der Waals surface area contributed by atoms with Crippen LogP contribution in [-0.4, -0.2) is 48.3 Å². The Bertz CT molecular complexity index is 936. The summed E-state index contributed by atoms with van der Waals surface area (Å²) in [5.74, 6) is -1.79. The standard InChI is InChI=1S/C21H20N2O6/c1-13(23-19(25)16-8-3-4-9-17(16)20(23)26)21(27)29-12-18(24)22-11-14-6-5-7-15(10-14)28-2/h3-10,13H,11-12H2,1-2H3,(H,22,24)/t13-/m1/s1. The van der Waals surface area contributed by atoms with Crippen molar-refractivity contribution in [1.82, 2.24) is 10.2 Å². The molecular weight excluding hydrogens is 376 g/mol. The van der Waals surface area contributed by atoms with E-state index in [9.17, 15) is 19.2 Å². The second kappa shape index (κ2) is 8.55. The number of hydrogen-bond donors (Lipinski definition) is 1. The number of rotatable bonds is 7. The highest BCUT2D eigenvalue weighted by Crippen LogP contribution is 2.24. The average molecular weight is 396 g/mol. The van der Waals surface area contributed by atoms with Crippen molar-refractivity contribution in [3.63, 3.8) is 0 Å². The van der Waals surface area contributed by atoms with E-state index in [1.54, 1.807) is 37.4 Å². The maximum Gasteiger partial charge on any atom is 0.329 e. The van der Waals surface area contributed by atoms with Crippen molar-refractivity contribution >= 4 is 23.7 Å². The number of benzene rings is 2. The molecule has 8 heteroatoms. The molecule has 0 radical (unpaired) electrons. The molecule has 1 heterocycles. The fourth-order valence-corrected chi connectivity index (χ4v) is 2.96. The van der Waals surface area contributed by atoms with Crippen molar-refractivity contribution in [3.05, 3.63) is 65.2 Å². The van der Waals surface area contributed by atoms with Gasteiger partial charge in [-0.25, -0.2) is 4.79 Å². The van der Waals surface area contributed by atoms with E-state index in [-0.39, 0.29) is 17.7 Å². The van der Waals surface area contributed by atoms with Gasteiger partial charge in [-0.1, -0.05) is 24.3 Å². The zero-order valence-corrected chi connectivity index (χ0v) is 16.0. The SMILES string of the molecule is COc1cccc(CNC(=O)COC(=O)[C@@H](C)N2C(=O)c3ccccc3C2=O)c1. The van der Waals surface area contributed by atoms with E-state index >= 15 is 0 Å². The van der Waals surface area contributed by atoms with Gasteiger partial charge in [-0.3, -0.25) is 19.3 Å². The Kier molecular flexibility index (Phi) is 5.92. The van der Waals surface area contributed by atoms with Gasteiger partial charge in [0.15, 0.2) is 6.61 Å². The number of fused-ring (bicyclic) bond motifs is 1. The first-order valence-electron chi connectivity index (χ1n) is 8.95. The van der Waals surface area contributed by atoms with E-state index in [1.165, 1.54) is 19.1 Å². The quantitative estimate of drug-likeness (QED) is 0.563. The lowest BCUT2D eigenvalue weighted by atomic mass is 10.1. The minimum Gasteiger partial charge on any atom is -0.497 e. The summed E-state index contributed by atoms with van der Waals surface area (Å²) in [6.45, 7) is 1.11. The highest BCUT2D eigenvalue weighted by Gasteiger charge is 2.41.